The van der Waals surface area contributed by atoms with Crippen LogP contribution in [0.1, 0.15) is 65.0 Å². The minimum absolute atomic E-state index is 0.0833. The number of carbonyl (C=O) groups excluding carboxylic acids is 2. The van der Waals surface area contributed by atoms with Gasteiger partial charge in [-0.15, -0.1) is 5.10 Å². The number of nitrogens with two attached hydrogens (primary N) is 1. The molecule has 3 aromatic heterocycles. The fourth-order valence-electron chi connectivity index (χ4n) is 7.60. The molecule has 348 valence electrons. The lowest BCUT2D eigenvalue weighted by Crippen LogP contribution is -2.52. The van der Waals surface area contributed by atoms with E-state index in [9.17, 15) is 14.4 Å². The molecular formula is C43H68N12O8. The number of unbranched alkanes of at least 4 members (excludes halogenated alkanes) is 2. The highest BCUT2D eigenvalue weighted by atomic mass is 16.5. The van der Waals surface area contributed by atoms with Gasteiger partial charge in [-0.2, -0.15) is 4.98 Å². The summed E-state index contributed by atoms with van der Waals surface area (Å²) in [6.07, 6.45) is 12.5. The maximum Gasteiger partial charge on any atom is 0.317 e. The summed E-state index contributed by atoms with van der Waals surface area (Å²) in [6.45, 7) is 14.8. The summed E-state index contributed by atoms with van der Waals surface area (Å²) in [5.41, 5.74) is 10.4. The molecule has 6 N–H and O–H groups in total. The van der Waals surface area contributed by atoms with E-state index in [1.54, 1.807) is 24.9 Å². The number of methoxy groups -OCH3 is 1. The predicted molar refractivity (Wildman–Crippen MR) is 238 cm³/mol. The number of ether oxygens (including phenoxy) is 4. The van der Waals surface area contributed by atoms with Gasteiger partial charge < -0.3 is 55.2 Å². The summed E-state index contributed by atoms with van der Waals surface area (Å²) in [6, 6.07) is 1.90. The molecule has 3 amide bonds. The number of anilines is 2. The van der Waals surface area contributed by atoms with Gasteiger partial charge in [0.2, 0.25) is 11.9 Å². The first-order valence-electron chi connectivity index (χ1n) is 22.2. The maximum absolute atomic E-state index is 12.9. The van der Waals surface area contributed by atoms with Crippen LogP contribution in [0.5, 0.6) is 0 Å². The molecule has 3 aromatic rings. The van der Waals surface area contributed by atoms with Crippen LogP contribution >= 0.6 is 0 Å². The number of carbonyl (C=O) groups is 3. The average molecular weight is 881 g/mol. The number of allylic oxidation sites excluding steroid dienone is 2. The second kappa shape index (κ2) is 25.2. The van der Waals surface area contributed by atoms with Crippen molar-refractivity contribution in [1.82, 2.24) is 50.0 Å². The van der Waals surface area contributed by atoms with Crippen molar-refractivity contribution in [2.75, 3.05) is 104 Å². The van der Waals surface area contributed by atoms with E-state index >= 15 is 0 Å². The average Bonchev–Trinajstić information content (AvgIpc) is 3.91. The summed E-state index contributed by atoms with van der Waals surface area (Å²) in [5.74, 6) is -0.872. The molecule has 1 fully saturated rings. The Morgan fingerprint density at radius 2 is 1.68 bits per heavy atom. The molecule has 0 radical (unpaired) electrons. The van der Waals surface area contributed by atoms with E-state index in [0.29, 0.717) is 84.5 Å². The SMILES string of the molecule is CCCCCNc1nc(N)nc2ccn(CC3=CC=C(CN4CCN(C(=O)NCCOCCOCCOCCn5cc(CNC(=O)C(CC)CC(=O)O)nn5)CC4)CC3(C)OC)c12. The van der Waals surface area contributed by atoms with Crippen molar-refractivity contribution >= 4 is 40.7 Å². The summed E-state index contributed by atoms with van der Waals surface area (Å²) in [5, 5.41) is 26.2. The lowest BCUT2D eigenvalue weighted by molar-refractivity contribution is -0.141. The summed E-state index contributed by atoms with van der Waals surface area (Å²) in [4.78, 5) is 49.3. The molecule has 20 nitrogen and oxygen atoms in total. The van der Waals surface area contributed by atoms with Crippen molar-refractivity contribution in [3.63, 3.8) is 0 Å². The number of aromatic nitrogens is 6. The maximum atomic E-state index is 12.9. The van der Waals surface area contributed by atoms with Crippen molar-refractivity contribution < 1.29 is 38.4 Å². The summed E-state index contributed by atoms with van der Waals surface area (Å²) >= 11 is 0. The van der Waals surface area contributed by atoms with E-state index in [1.165, 1.54) is 11.1 Å². The van der Waals surface area contributed by atoms with Crippen LogP contribution in [-0.2, 0) is 48.2 Å². The zero-order chi connectivity index (χ0) is 45.0. The lowest BCUT2D eigenvalue weighted by atomic mass is 9.83. The van der Waals surface area contributed by atoms with E-state index in [0.717, 1.165) is 68.7 Å². The van der Waals surface area contributed by atoms with Gasteiger partial charge >= 0.3 is 12.0 Å². The fraction of sp³-hybridized carbons (Fsp3) is 0.651. The third-order valence-corrected chi connectivity index (χ3v) is 11.4. The standard InChI is InChI=1S/C43H68N12O8/c1-5-7-8-12-45-39-38-36(48-41(44)49-39)11-14-54(38)30-34-10-9-32(27-43(34,3)60-4)29-52-15-17-53(18-16-52)42(59)46-13-20-61-22-24-63-25-23-62-21-19-55-31-35(50-51-55)28-47-40(58)33(6-2)26-37(56)57/h9-11,14,31,33H,5-8,12-13,15-30H2,1-4H3,(H,46,59)(H,47,58)(H,56,57)(H3,44,45,48,49). The van der Waals surface area contributed by atoms with E-state index in [-0.39, 0.29) is 30.9 Å². The van der Waals surface area contributed by atoms with Gasteiger partial charge in [0.15, 0.2) is 5.82 Å². The Labute approximate surface area is 369 Å². The Kier molecular flexibility index (Phi) is 19.6. The molecule has 0 spiro atoms. The molecule has 0 saturated carbocycles. The van der Waals surface area contributed by atoms with Gasteiger partial charge in [-0.3, -0.25) is 14.5 Å². The van der Waals surface area contributed by atoms with Crippen molar-refractivity contribution in [3.05, 3.63) is 47.5 Å². The number of nitrogen functional groups attached to an aromatic ring is 1. The predicted octanol–water partition coefficient (Wildman–Crippen LogP) is 3.06. The second-order valence-corrected chi connectivity index (χ2v) is 16.1. The van der Waals surface area contributed by atoms with Gasteiger partial charge in [0, 0.05) is 78.0 Å². The van der Waals surface area contributed by atoms with Gasteiger partial charge in [-0.1, -0.05) is 49.6 Å². The van der Waals surface area contributed by atoms with E-state index < -0.39 is 17.5 Å². The molecule has 20 heteroatoms. The quantitative estimate of drug-likeness (QED) is 0.0659. The van der Waals surface area contributed by atoms with Crippen LogP contribution < -0.4 is 21.7 Å². The third-order valence-electron chi connectivity index (χ3n) is 11.4. The first-order valence-corrected chi connectivity index (χ1v) is 22.2. The number of fused-ring (bicyclic) bond motifs is 1. The first kappa shape index (κ1) is 48.9. The van der Waals surface area contributed by atoms with E-state index in [4.69, 9.17) is 29.8 Å². The number of carboxylic acids is 1. The normalized spacial score (nSPS) is 17.4. The molecule has 1 aliphatic heterocycles. The number of nitrogens with zero attached hydrogens (tertiary/aromatic N) is 8. The monoisotopic (exact) mass is 881 g/mol. The Morgan fingerprint density at radius 1 is 0.937 bits per heavy atom. The molecule has 4 heterocycles. The van der Waals surface area contributed by atoms with Crippen molar-refractivity contribution in [2.24, 2.45) is 5.92 Å². The van der Waals surface area contributed by atoms with Crippen LogP contribution in [0.2, 0.25) is 0 Å². The Bertz CT molecular complexity index is 1980. The molecule has 0 bridgehead atoms. The van der Waals surface area contributed by atoms with Gasteiger partial charge in [0.1, 0.15) is 11.2 Å². The number of amides is 3. The highest BCUT2D eigenvalue weighted by molar-refractivity contribution is 5.87. The van der Waals surface area contributed by atoms with Gasteiger partial charge in [-0.25, -0.2) is 14.5 Å². The summed E-state index contributed by atoms with van der Waals surface area (Å²) in [7, 11) is 1.77. The Hall–Kier alpha value is -5.15. The number of rotatable bonds is 28. The number of aliphatic carboxylic acids is 1. The van der Waals surface area contributed by atoms with E-state index in [2.05, 4.69) is 71.7 Å². The molecule has 63 heavy (non-hydrogen) atoms. The molecule has 0 aromatic carbocycles. The van der Waals surface area contributed by atoms with Crippen molar-refractivity contribution in [3.8, 4) is 0 Å². The van der Waals surface area contributed by atoms with Gasteiger partial charge in [0.05, 0.1) is 76.5 Å². The first-order chi connectivity index (χ1) is 30.5. The zero-order valence-electron chi connectivity index (χ0n) is 37.5. The molecule has 2 atom stereocenters. The molecular weight excluding hydrogens is 813 g/mol. The van der Waals surface area contributed by atoms with Crippen LogP contribution in [0.15, 0.2) is 41.8 Å². The minimum Gasteiger partial charge on any atom is -0.481 e. The second-order valence-electron chi connectivity index (χ2n) is 16.1. The number of nitrogens with one attached hydrogen (secondary N) is 3. The number of hydrogen-bond acceptors (Lipinski definition) is 14. The number of piperazine rings is 1. The molecule has 5 rings (SSSR count). The fourth-order valence-corrected chi connectivity index (χ4v) is 7.60. The zero-order valence-corrected chi connectivity index (χ0v) is 37.5. The smallest absolute Gasteiger partial charge is 0.317 e. The van der Waals surface area contributed by atoms with Crippen molar-refractivity contribution in [1.29, 1.82) is 0 Å². The van der Waals surface area contributed by atoms with E-state index in [1.807, 2.05) is 17.2 Å². The van der Waals surface area contributed by atoms with Gasteiger partial charge in [-0.05, 0) is 31.4 Å². The number of urea groups is 1. The van der Waals surface area contributed by atoms with Crippen LogP contribution in [0.4, 0.5) is 16.6 Å². The third kappa shape index (κ3) is 15.3. The lowest BCUT2D eigenvalue weighted by Gasteiger charge is -2.38. The van der Waals surface area contributed by atoms with Crippen LogP contribution in [-0.4, -0.2) is 161 Å². The van der Waals surface area contributed by atoms with Crippen LogP contribution in [0.3, 0.4) is 0 Å². The molecule has 1 aliphatic carbocycles. The number of carboxylic acid groups (broad SMARTS) is 1. The van der Waals surface area contributed by atoms with Crippen LogP contribution in [0.25, 0.3) is 11.0 Å². The largest absolute Gasteiger partial charge is 0.481 e. The number of hydrogen-bond donors (Lipinski definition) is 5. The van der Waals surface area contributed by atoms with Crippen LogP contribution in [0, 0.1) is 5.92 Å². The molecule has 2 aliphatic rings. The molecule has 1 saturated heterocycles. The minimum atomic E-state index is -1.00. The Morgan fingerprint density at radius 3 is 2.40 bits per heavy atom. The van der Waals surface area contributed by atoms with Gasteiger partial charge in [0.25, 0.3) is 0 Å². The highest BCUT2D eigenvalue weighted by Crippen LogP contribution is 2.35. The highest BCUT2D eigenvalue weighted by Gasteiger charge is 2.34. The van der Waals surface area contributed by atoms with Crippen molar-refractivity contribution in [2.45, 2.75) is 84.5 Å². The topological polar surface area (TPSA) is 238 Å². The molecule has 2 unspecified atom stereocenters. The Balaban J connectivity index is 0.910. The summed E-state index contributed by atoms with van der Waals surface area (Å²) < 4.78 is 26.8.